The van der Waals surface area contributed by atoms with Crippen molar-refractivity contribution in [2.24, 2.45) is 0 Å². The Morgan fingerprint density at radius 2 is 1.90 bits per heavy atom. The van der Waals surface area contributed by atoms with Crippen molar-refractivity contribution >= 4 is 11.7 Å². The van der Waals surface area contributed by atoms with Crippen molar-refractivity contribution in [2.75, 3.05) is 25.1 Å². The van der Waals surface area contributed by atoms with E-state index in [2.05, 4.69) is 5.32 Å². The van der Waals surface area contributed by atoms with Gasteiger partial charge in [0.2, 0.25) is 0 Å². The zero-order valence-corrected chi connectivity index (χ0v) is 12.8. The summed E-state index contributed by atoms with van der Waals surface area (Å²) in [6, 6.07) is 7.35. The molecule has 0 atom stereocenters. The van der Waals surface area contributed by atoms with Gasteiger partial charge in [-0.2, -0.15) is 0 Å². The molecule has 1 heterocycles. The van der Waals surface area contributed by atoms with Crippen LogP contribution < -0.4 is 5.32 Å². The van der Waals surface area contributed by atoms with E-state index in [1.165, 1.54) is 0 Å². The molecule has 0 radical (unpaired) electrons. The fourth-order valence-electron chi connectivity index (χ4n) is 1.99. The minimum absolute atomic E-state index is 0.107. The number of anilines is 1. The fourth-order valence-corrected chi connectivity index (χ4v) is 1.99. The maximum absolute atomic E-state index is 11.7. The zero-order chi connectivity index (χ0) is 15.3. The molecule has 116 valence electrons. The highest BCUT2D eigenvalue weighted by atomic mass is 16.7. The summed E-state index contributed by atoms with van der Waals surface area (Å²) in [5.74, 6) is -0.792. The van der Waals surface area contributed by atoms with Crippen LogP contribution in [0.15, 0.2) is 24.3 Å². The Bertz CT molecular complexity index is 460. The van der Waals surface area contributed by atoms with Gasteiger partial charge < -0.3 is 19.5 Å². The van der Waals surface area contributed by atoms with Crippen molar-refractivity contribution in [2.45, 2.75) is 39.0 Å². The van der Waals surface area contributed by atoms with Gasteiger partial charge in [-0.3, -0.25) is 0 Å². The molecule has 1 aliphatic heterocycles. The van der Waals surface area contributed by atoms with Crippen LogP contribution in [0.25, 0.3) is 0 Å². The van der Waals surface area contributed by atoms with Crippen LogP contribution in [0.1, 0.15) is 37.6 Å². The van der Waals surface area contributed by atoms with E-state index in [-0.39, 0.29) is 12.0 Å². The summed E-state index contributed by atoms with van der Waals surface area (Å²) < 4.78 is 16.3. The number of carbonyl (C=O) groups is 1. The smallest absolute Gasteiger partial charge is 0.338 e. The summed E-state index contributed by atoms with van der Waals surface area (Å²) in [6.45, 7) is 7.40. The maximum atomic E-state index is 11.7. The highest BCUT2D eigenvalue weighted by molar-refractivity contribution is 5.89. The average Bonchev–Trinajstić information content (AvgIpc) is 2.48. The Hall–Kier alpha value is -1.59. The average molecular weight is 293 g/mol. The number of carbonyl (C=O) groups excluding carboxylic acids is 1. The normalized spacial score (nSPS) is 18.2. The van der Waals surface area contributed by atoms with Crippen molar-refractivity contribution in [3.8, 4) is 0 Å². The fraction of sp³-hybridized carbons (Fsp3) is 0.562. The molecule has 0 spiro atoms. The van der Waals surface area contributed by atoms with Gasteiger partial charge in [0.05, 0.1) is 31.4 Å². The summed E-state index contributed by atoms with van der Waals surface area (Å²) >= 11 is 0. The largest absolute Gasteiger partial charge is 0.462 e. The third-order valence-corrected chi connectivity index (χ3v) is 3.19. The number of rotatable bonds is 5. The lowest BCUT2D eigenvalue weighted by molar-refractivity contribution is -0.247. The molecule has 0 aliphatic carbocycles. The van der Waals surface area contributed by atoms with Crippen molar-refractivity contribution in [3.05, 3.63) is 29.8 Å². The molecule has 0 amide bonds. The van der Waals surface area contributed by atoms with E-state index in [9.17, 15) is 4.79 Å². The third kappa shape index (κ3) is 4.72. The topological polar surface area (TPSA) is 56.8 Å². The van der Waals surface area contributed by atoms with E-state index < -0.39 is 5.79 Å². The van der Waals surface area contributed by atoms with E-state index in [4.69, 9.17) is 14.2 Å². The Morgan fingerprint density at radius 1 is 1.29 bits per heavy atom. The number of esters is 1. The lowest BCUT2D eigenvalue weighted by Crippen LogP contribution is -2.45. The Morgan fingerprint density at radius 3 is 2.48 bits per heavy atom. The van der Waals surface area contributed by atoms with Crippen molar-refractivity contribution in [3.63, 3.8) is 0 Å². The number of ether oxygens (including phenoxy) is 3. The van der Waals surface area contributed by atoms with Crippen molar-refractivity contribution in [1.29, 1.82) is 0 Å². The number of hydrogen-bond acceptors (Lipinski definition) is 5. The predicted molar refractivity (Wildman–Crippen MR) is 80.4 cm³/mol. The molecule has 1 aliphatic rings. The Kier molecular flexibility index (Phi) is 5.20. The number of benzene rings is 1. The molecule has 21 heavy (non-hydrogen) atoms. The van der Waals surface area contributed by atoms with Crippen LogP contribution in [-0.4, -0.2) is 37.6 Å². The molecule has 5 nitrogen and oxygen atoms in total. The molecular weight excluding hydrogens is 270 g/mol. The molecule has 1 aromatic carbocycles. The van der Waals surface area contributed by atoms with Gasteiger partial charge in [0, 0.05) is 5.69 Å². The first-order chi connectivity index (χ1) is 10.00. The zero-order valence-electron chi connectivity index (χ0n) is 12.8. The van der Waals surface area contributed by atoms with Crippen LogP contribution >= 0.6 is 0 Å². The molecule has 0 saturated carbocycles. The van der Waals surface area contributed by atoms with Gasteiger partial charge in [0.25, 0.3) is 0 Å². The van der Waals surface area contributed by atoms with Gasteiger partial charge in [-0.1, -0.05) is 6.92 Å². The molecule has 2 rings (SSSR count). The molecule has 1 fully saturated rings. The van der Waals surface area contributed by atoms with Crippen molar-refractivity contribution < 1.29 is 19.0 Å². The first-order valence-corrected chi connectivity index (χ1v) is 7.32. The summed E-state index contributed by atoms with van der Waals surface area (Å²) in [4.78, 5) is 11.7. The second kappa shape index (κ2) is 6.91. The van der Waals surface area contributed by atoms with E-state index >= 15 is 0 Å². The third-order valence-electron chi connectivity index (χ3n) is 3.19. The number of hydrogen-bond donors (Lipinski definition) is 1. The van der Waals surface area contributed by atoms with Crippen LogP contribution in [0.4, 0.5) is 5.69 Å². The lowest BCUT2D eigenvalue weighted by Gasteiger charge is -2.35. The van der Waals surface area contributed by atoms with E-state index in [1.54, 1.807) is 12.1 Å². The molecule has 0 bridgehead atoms. The Balaban J connectivity index is 1.86. The highest BCUT2D eigenvalue weighted by Crippen LogP contribution is 2.20. The second-order valence-corrected chi connectivity index (χ2v) is 5.58. The molecule has 1 aromatic rings. The van der Waals surface area contributed by atoms with Crippen LogP contribution in [-0.2, 0) is 14.2 Å². The minimum atomic E-state index is -0.509. The molecule has 0 aromatic heterocycles. The highest BCUT2D eigenvalue weighted by Gasteiger charge is 2.28. The Labute approximate surface area is 125 Å². The van der Waals surface area contributed by atoms with Gasteiger partial charge in [-0.25, -0.2) is 4.79 Å². The minimum Gasteiger partial charge on any atom is -0.462 e. The van der Waals surface area contributed by atoms with Crippen LogP contribution in [0.2, 0.25) is 0 Å². The van der Waals surface area contributed by atoms with E-state index in [0.29, 0.717) is 25.4 Å². The molecule has 5 heteroatoms. The lowest BCUT2D eigenvalue weighted by atomic mass is 10.2. The molecule has 1 saturated heterocycles. The second-order valence-electron chi connectivity index (χ2n) is 5.58. The van der Waals surface area contributed by atoms with E-state index in [1.807, 2.05) is 32.9 Å². The SMILES string of the molecule is CCCOC(=O)c1ccc(NC2COC(C)(C)OC2)cc1. The van der Waals surface area contributed by atoms with E-state index in [0.717, 1.165) is 12.1 Å². The first-order valence-electron chi connectivity index (χ1n) is 7.32. The molecular formula is C16H23NO4. The van der Waals surface area contributed by atoms with Gasteiger partial charge in [0.15, 0.2) is 5.79 Å². The first kappa shape index (κ1) is 15.8. The quantitative estimate of drug-likeness (QED) is 0.846. The standard InChI is InChI=1S/C16H23NO4/c1-4-9-19-15(18)12-5-7-13(8-6-12)17-14-10-20-16(2,3)21-11-14/h5-8,14,17H,4,9-11H2,1-3H3. The molecule has 1 N–H and O–H groups in total. The summed E-state index contributed by atoms with van der Waals surface area (Å²) in [5.41, 5.74) is 1.49. The van der Waals surface area contributed by atoms with Gasteiger partial charge in [-0.15, -0.1) is 0 Å². The van der Waals surface area contributed by atoms with Crippen LogP contribution in [0.3, 0.4) is 0 Å². The monoisotopic (exact) mass is 293 g/mol. The van der Waals surface area contributed by atoms with Crippen molar-refractivity contribution in [1.82, 2.24) is 0 Å². The summed E-state index contributed by atoms with van der Waals surface area (Å²) in [6.07, 6.45) is 0.823. The van der Waals surface area contributed by atoms with Crippen LogP contribution in [0.5, 0.6) is 0 Å². The van der Waals surface area contributed by atoms with Crippen LogP contribution in [0, 0.1) is 0 Å². The van der Waals surface area contributed by atoms with Gasteiger partial charge in [-0.05, 0) is 44.5 Å². The maximum Gasteiger partial charge on any atom is 0.338 e. The summed E-state index contributed by atoms with van der Waals surface area (Å²) in [5, 5.41) is 3.33. The molecule has 0 unspecified atom stereocenters. The summed E-state index contributed by atoms with van der Waals surface area (Å²) in [7, 11) is 0. The number of nitrogens with one attached hydrogen (secondary N) is 1. The predicted octanol–water partition coefficient (Wildman–Crippen LogP) is 2.82. The van der Waals surface area contributed by atoms with Gasteiger partial charge >= 0.3 is 5.97 Å². The van der Waals surface area contributed by atoms with Gasteiger partial charge in [0.1, 0.15) is 0 Å².